The van der Waals surface area contributed by atoms with Crippen LogP contribution < -0.4 is 45.9 Å². The van der Waals surface area contributed by atoms with Gasteiger partial charge < -0.3 is 9.78 Å². The second kappa shape index (κ2) is 5.77. The van der Waals surface area contributed by atoms with Crippen LogP contribution in [0.25, 0.3) is 0 Å². The normalized spacial score (nSPS) is 8.55. The van der Waals surface area contributed by atoms with Gasteiger partial charge in [0.15, 0.2) is 0 Å². The van der Waals surface area contributed by atoms with E-state index in [2.05, 4.69) is 4.76 Å². The van der Waals surface area contributed by atoms with Crippen LogP contribution in [0.2, 0.25) is 0 Å². The Morgan fingerprint density at radius 1 is 1.27 bits per heavy atom. The van der Waals surface area contributed by atoms with Crippen LogP contribution in [0.15, 0.2) is 30.3 Å². The molecule has 0 bridgehead atoms. The second-order valence-electron chi connectivity index (χ2n) is 1.88. The zero-order valence-corrected chi connectivity index (χ0v) is 8.36. The molecule has 0 atom stereocenters. The van der Waals surface area contributed by atoms with Crippen LogP contribution >= 0.6 is 0 Å². The molecule has 0 aromatic heterocycles. The van der Waals surface area contributed by atoms with Crippen LogP contribution in [0.1, 0.15) is 0 Å². The van der Waals surface area contributed by atoms with Crippen molar-refractivity contribution in [1.29, 1.82) is 0 Å². The Morgan fingerprint density at radius 3 is 2.27 bits per heavy atom. The first-order valence-electron chi connectivity index (χ1n) is 2.91. The van der Waals surface area contributed by atoms with E-state index in [1.54, 1.807) is 24.3 Å². The predicted octanol–water partition coefficient (Wildman–Crippen LogP) is -4.36. The van der Waals surface area contributed by atoms with E-state index in [0.29, 0.717) is 5.46 Å². The molecule has 5 heteroatoms. The fraction of sp³-hybridized carbons (Fsp3) is 0. The Bertz CT molecular complexity index is 197. The van der Waals surface area contributed by atoms with Crippen molar-refractivity contribution < 1.29 is 39.3 Å². The van der Waals surface area contributed by atoms with Crippen molar-refractivity contribution in [3.8, 4) is 0 Å². The van der Waals surface area contributed by atoms with Crippen LogP contribution in [-0.4, -0.2) is 7.12 Å². The summed E-state index contributed by atoms with van der Waals surface area (Å²) in [5, 5.41) is 10.7. The molecule has 1 aromatic carbocycles. The Labute approximate surface area is 87.9 Å². The van der Waals surface area contributed by atoms with Crippen molar-refractivity contribution in [3.63, 3.8) is 0 Å². The molecule has 1 aromatic rings. The minimum atomic E-state index is -1.26. The second-order valence-corrected chi connectivity index (χ2v) is 1.88. The SMILES string of the molecule is NOB([O-])c1ccccc1.[Na+]. The summed E-state index contributed by atoms with van der Waals surface area (Å²) in [5.74, 6) is 4.69. The molecule has 0 unspecified atom stereocenters. The van der Waals surface area contributed by atoms with Gasteiger partial charge >= 0.3 is 29.6 Å². The van der Waals surface area contributed by atoms with E-state index < -0.39 is 7.12 Å². The van der Waals surface area contributed by atoms with E-state index in [4.69, 9.17) is 5.90 Å². The summed E-state index contributed by atoms with van der Waals surface area (Å²) in [6, 6.07) is 8.69. The molecule has 52 valence electrons. The molecule has 0 aliphatic carbocycles. The van der Waals surface area contributed by atoms with E-state index in [-0.39, 0.29) is 29.6 Å². The predicted molar refractivity (Wildman–Crippen MR) is 37.1 cm³/mol. The van der Waals surface area contributed by atoms with Crippen molar-refractivity contribution in [2.45, 2.75) is 0 Å². The van der Waals surface area contributed by atoms with Crippen molar-refractivity contribution in [1.82, 2.24) is 0 Å². The molecule has 0 heterocycles. The van der Waals surface area contributed by atoms with Gasteiger partial charge in [0.05, 0.1) is 0 Å². The first-order chi connectivity index (χ1) is 4.84. The van der Waals surface area contributed by atoms with Crippen LogP contribution in [0.5, 0.6) is 0 Å². The number of nitrogens with two attached hydrogens (primary N) is 1. The van der Waals surface area contributed by atoms with Gasteiger partial charge in [0.1, 0.15) is 0 Å². The van der Waals surface area contributed by atoms with E-state index >= 15 is 0 Å². The summed E-state index contributed by atoms with van der Waals surface area (Å²) >= 11 is 0. The smallest absolute Gasteiger partial charge is 0.851 e. The van der Waals surface area contributed by atoms with Gasteiger partial charge in [-0.3, -0.25) is 0 Å². The first-order valence-corrected chi connectivity index (χ1v) is 2.91. The van der Waals surface area contributed by atoms with E-state index in [1.807, 2.05) is 6.07 Å². The zero-order chi connectivity index (χ0) is 7.40. The molecular weight excluding hydrogens is 152 g/mol. The number of rotatable bonds is 2. The van der Waals surface area contributed by atoms with Gasteiger partial charge in [-0.1, -0.05) is 35.8 Å². The summed E-state index contributed by atoms with van der Waals surface area (Å²) < 4.78 is 4.08. The fourth-order valence-electron chi connectivity index (χ4n) is 0.689. The molecule has 0 aliphatic rings. The molecule has 1 rings (SSSR count). The van der Waals surface area contributed by atoms with Crippen LogP contribution in [0, 0.1) is 0 Å². The van der Waals surface area contributed by atoms with Gasteiger partial charge in [-0.15, -0.1) is 0 Å². The van der Waals surface area contributed by atoms with Crippen molar-refractivity contribution in [2.24, 2.45) is 5.90 Å². The summed E-state index contributed by atoms with van der Waals surface area (Å²) in [7, 11) is -1.26. The monoisotopic (exact) mass is 159 g/mol. The molecule has 0 amide bonds. The molecule has 0 radical (unpaired) electrons. The third-order valence-corrected chi connectivity index (χ3v) is 1.20. The number of hydrogen-bond acceptors (Lipinski definition) is 3. The Kier molecular flexibility index (Phi) is 5.86. The Hall–Kier alpha value is 0.165. The minimum Gasteiger partial charge on any atom is -0.851 e. The summed E-state index contributed by atoms with van der Waals surface area (Å²) in [4.78, 5) is 0. The van der Waals surface area contributed by atoms with Crippen molar-refractivity contribution in [2.75, 3.05) is 0 Å². The standard InChI is InChI=1S/C6H7BNO2.Na/c8-10-7(9)6-4-2-1-3-5-6;/h1-5H,8H2;/q-1;+1. The molecule has 0 fully saturated rings. The average molecular weight is 159 g/mol. The molecule has 0 aliphatic heterocycles. The maximum Gasteiger partial charge on any atom is 1.00 e. The van der Waals surface area contributed by atoms with Gasteiger partial charge in [-0.05, 0) is 0 Å². The zero-order valence-electron chi connectivity index (χ0n) is 6.36. The summed E-state index contributed by atoms with van der Waals surface area (Å²) in [6.45, 7) is 0. The largest absolute Gasteiger partial charge is 1.00 e. The summed E-state index contributed by atoms with van der Waals surface area (Å²) in [6.07, 6.45) is 0. The molecule has 11 heavy (non-hydrogen) atoms. The van der Waals surface area contributed by atoms with Gasteiger partial charge in [-0.2, -0.15) is 0 Å². The molecule has 0 saturated heterocycles. The topological polar surface area (TPSA) is 58.3 Å². The molecule has 0 saturated carbocycles. The quantitative estimate of drug-likeness (QED) is 0.350. The first kappa shape index (κ1) is 11.2. The van der Waals surface area contributed by atoms with Gasteiger partial charge in [0.2, 0.25) is 7.12 Å². The van der Waals surface area contributed by atoms with Gasteiger partial charge in [0, 0.05) is 0 Å². The van der Waals surface area contributed by atoms with Crippen LogP contribution in [-0.2, 0) is 4.76 Å². The molecule has 3 nitrogen and oxygen atoms in total. The Morgan fingerprint density at radius 2 is 1.82 bits per heavy atom. The average Bonchev–Trinajstić information content (AvgIpc) is 2.05. The maximum absolute atomic E-state index is 10.7. The molecular formula is C6H7BNNaO2. The van der Waals surface area contributed by atoms with Crippen LogP contribution in [0.4, 0.5) is 0 Å². The van der Waals surface area contributed by atoms with E-state index in [1.165, 1.54) is 0 Å². The van der Waals surface area contributed by atoms with Crippen molar-refractivity contribution in [3.05, 3.63) is 30.3 Å². The third kappa shape index (κ3) is 3.38. The molecule has 2 N–H and O–H groups in total. The number of hydrogen-bond donors (Lipinski definition) is 1. The Balaban J connectivity index is 0.000001000. The van der Waals surface area contributed by atoms with Crippen molar-refractivity contribution >= 4 is 12.6 Å². The fourth-order valence-corrected chi connectivity index (χ4v) is 0.689. The third-order valence-electron chi connectivity index (χ3n) is 1.20. The maximum atomic E-state index is 10.7. The van der Waals surface area contributed by atoms with E-state index in [9.17, 15) is 5.02 Å². The van der Waals surface area contributed by atoms with Gasteiger partial charge in [-0.25, -0.2) is 5.90 Å². The van der Waals surface area contributed by atoms with Crippen LogP contribution in [0.3, 0.4) is 0 Å². The van der Waals surface area contributed by atoms with E-state index in [0.717, 1.165) is 0 Å². The minimum absolute atomic E-state index is 0. The summed E-state index contributed by atoms with van der Waals surface area (Å²) in [5.41, 5.74) is 0.546. The number of benzene rings is 1. The van der Waals surface area contributed by atoms with Gasteiger partial charge in [0.25, 0.3) is 0 Å². The molecule has 0 spiro atoms.